The molecule has 2 unspecified atom stereocenters. The van der Waals surface area contributed by atoms with Gasteiger partial charge in [0.25, 0.3) is 0 Å². The summed E-state index contributed by atoms with van der Waals surface area (Å²) in [6.07, 6.45) is 0.863. The van der Waals surface area contributed by atoms with Gasteiger partial charge in [-0.05, 0) is 19.8 Å². The largest absolute Gasteiger partial charge is 0.442 e. The third-order valence-electron chi connectivity index (χ3n) is 5.88. The second-order valence-corrected chi connectivity index (χ2v) is 8.33. The topological polar surface area (TPSA) is 113 Å². The van der Waals surface area contributed by atoms with Crippen LogP contribution in [0.1, 0.15) is 44.5 Å². The normalized spacial score (nSPS) is 20.2. The van der Waals surface area contributed by atoms with Crippen molar-refractivity contribution in [2.75, 3.05) is 36.0 Å². The van der Waals surface area contributed by atoms with Crippen LogP contribution in [0.5, 0.6) is 0 Å². The van der Waals surface area contributed by atoms with Crippen LogP contribution in [0.2, 0.25) is 0 Å². The minimum Gasteiger partial charge on any atom is -0.442 e. The minimum atomic E-state index is -0.765. The number of hydrogen-bond donors (Lipinski definition) is 2. The molecule has 2 aromatic rings. The van der Waals surface area contributed by atoms with E-state index in [9.17, 15) is 23.5 Å². The summed E-state index contributed by atoms with van der Waals surface area (Å²) in [5.41, 5.74) is 0.403. The molecule has 0 aliphatic carbocycles. The Bertz CT molecular complexity index is 1010. The second kappa shape index (κ2) is 9.30. The summed E-state index contributed by atoms with van der Waals surface area (Å²) in [6.45, 7) is 3.98. The van der Waals surface area contributed by atoms with E-state index >= 15 is 0 Å². The van der Waals surface area contributed by atoms with E-state index in [-0.39, 0.29) is 36.4 Å². The molecule has 2 saturated heterocycles. The van der Waals surface area contributed by atoms with Gasteiger partial charge in [0.2, 0.25) is 5.91 Å². The van der Waals surface area contributed by atoms with Crippen molar-refractivity contribution in [1.29, 1.82) is 0 Å². The number of anilines is 2. The highest BCUT2D eigenvalue weighted by Gasteiger charge is 2.34. The summed E-state index contributed by atoms with van der Waals surface area (Å²) in [7, 11) is 0. The second-order valence-electron chi connectivity index (χ2n) is 8.33. The van der Waals surface area contributed by atoms with E-state index in [0.29, 0.717) is 31.6 Å². The molecule has 2 N–H and O–H groups in total. The maximum atomic E-state index is 15.0. The molecule has 178 valence electrons. The molecule has 0 saturated carbocycles. The predicted octanol–water partition coefficient (Wildman–Crippen LogP) is 1.91. The van der Waals surface area contributed by atoms with E-state index in [1.807, 2.05) is 0 Å². The van der Waals surface area contributed by atoms with Gasteiger partial charge in [0, 0.05) is 32.1 Å². The number of cyclic esters (lactones) is 1. The fourth-order valence-electron chi connectivity index (χ4n) is 4.12. The van der Waals surface area contributed by atoms with E-state index in [0.717, 1.165) is 17.0 Å². The van der Waals surface area contributed by atoms with Crippen molar-refractivity contribution in [3.8, 4) is 0 Å². The molecule has 0 bridgehead atoms. The molecule has 10 nitrogen and oxygen atoms in total. The highest BCUT2D eigenvalue weighted by molar-refractivity contribution is 5.90. The first-order valence-electron chi connectivity index (χ1n) is 10.8. The smallest absolute Gasteiger partial charge is 0.414 e. The summed E-state index contributed by atoms with van der Waals surface area (Å²) in [5, 5.41) is 20.2. The Balaban J connectivity index is 1.42. The number of rotatable bonds is 6. The lowest BCUT2D eigenvalue weighted by Gasteiger charge is -2.34. The zero-order chi connectivity index (χ0) is 23.7. The first-order valence-corrected chi connectivity index (χ1v) is 10.8. The average Bonchev–Trinajstić information content (AvgIpc) is 3.39. The number of piperidine rings is 1. The number of carbonyl (C=O) groups excluding carboxylic acids is 2. The molecule has 1 aromatic heterocycles. The number of amides is 2. The van der Waals surface area contributed by atoms with Crippen LogP contribution in [0.3, 0.4) is 0 Å². The third-order valence-corrected chi connectivity index (χ3v) is 5.88. The number of nitrogens with zero attached hydrogens (tertiary/aromatic N) is 5. The number of aliphatic hydroxyl groups excluding tert-OH is 1. The molecule has 33 heavy (non-hydrogen) atoms. The lowest BCUT2D eigenvalue weighted by molar-refractivity contribution is -0.119. The van der Waals surface area contributed by atoms with Gasteiger partial charge < -0.3 is 20.1 Å². The van der Waals surface area contributed by atoms with Crippen molar-refractivity contribution in [3.63, 3.8) is 0 Å². The van der Waals surface area contributed by atoms with Crippen LogP contribution < -0.4 is 15.1 Å². The summed E-state index contributed by atoms with van der Waals surface area (Å²) in [6, 6.07) is 2.27. The Morgan fingerprint density at radius 2 is 1.97 bits per heavy atom. The Morgan fingerprint density at radius 1 is 1.30 bits per heavy atom. The monoisotopic (exact) mass is 464 g/mol. The number of halogens is 2. The average molecular weight is 464 g/mol. The molecular weight excluding hydrogens is 438 g/mol. The van der Waals surface area contributed by atoms with Crippen molar-refractivity contribution in [2.24, 2.45) is 0 Å². The number of ether oxygens (including phenoxy) is 1. The third kappa shape index (κ3) is 4.90. The van der Waals surface area contributed by atoms with Crippen LogP contribution in [-0.4, -0.2) is 64.4 Å². The van der Waals surface area contributed by atoms with Crippen molar-refractivity contribution < 1.29 is 28.2 Å². The summed E-state index contributed by atoms with van der Waals surface area (Å²) in [4.78, 5) is 26.0. The molecule has 2 amide bonds. The van der Waals surface area contributed by atoms with Gasteiger partial charge in [0.15, 0.2) is 11.6 Å². The predicted molar refractivity (Wildman–Crippen MR) is 114 cm³/mol. The first-order chi connectivity index (χ1) is 15.7. The molecule has 4 rings (SSSR count). The highest BCUT2D eigenvalue weighted by Crippen LogP contribution is 2.34. The molecule has 3 heterocycles. The lowest BCUT2D eigenvalue weighted by atomic mass is 10.0. The molecular formula is C21H26F2N6O4. The van der Waals surface area contributed by atoms with Gasteiger partial charge >= 0.3 is 6.09 Å². The summed E-state index contributed by atoms with van der Waals surface area (Å²) >= 11 is 0. The van der Waals surface area contributed by atoms with Gasteiger partial charge in [-0.15, -0.1) is 5.10 Å². The van der Waals surface area contributed by atoms with Crippen molar-refractivity contribution in [2.45, 2.75) is 44.9 Å². The standard InChI is InChI=1S/C21H26F2N6O4/c1-12(30)19-11-29(26-25-19)14-3-5-27(6-4-14)20-17(22)7-15(8-18(20)23)28-10-16(33-21(28)32)9-24-13(2)31/h7-8,11-12,14,16,30H,3-6,9-10H2,1-2H3,(H,24,31). The van der Waals surface area contributed by atoms with Gasteiger partial charge in [-0.3, -0.25) is 9.69 Å². The van der Waals surface area contributed by atoms with Crippen LogP contribution in [0, 0.1) is 11.6 Å². The molecule has 2 fully saturated rings. The van der Waals surface area contributed by atoms with Gasteiger partial charge in [-0.1, -0.05) is 5.21 Å². The van der Waals surface area contributed by atoms with Crippen LogP contribution in [-0.2, 0) is 9.53 Å². The molecule has 0 radical (unpaired) electrons. The maximum absolute atomic E-state index is 15.0. The van der Waals surface area contributed by atoms with Crippen molar-refractivity contribution in [3.05, 3.63) is 35.7 Å². The van der Waals surface area contributed by atoms with E-state index in [4.69, 9.17) is 4.74 Å². The van der Waals surface area contributed by atoms with Crippen LogP contribution >= 0.6 is 0 Å². The zero-order valence-corrected chi connectivity index (χ0v) is 18.4. The summed E-state index contributed by atoms with van der Waals surface area (Å²) in [5.74, 6) is -1.79. The molecule has 12 heteroatoms. The SMILES string of the molecule is CC(=O)NCC1CN(c2cc(F)c(N3CCC(n4cc(C(C)O)nn4)CC3)c(F)c2)C(=O)O1. The Morgan fingerprint density at radius 3 is 2.55 bits per heavy atom. The van der Waals surface area contributed by atoms with Crippen LogP contribution in [0.15, 0.2) is 18.3 Å². The molecule has 2 aliphatic heterocycles. The van der Waals surface area contributed by atoms with Crippen LogP contribution in [0.4, 0.5) is 25.0 Å². The molecule has 0 spiro atoms. The molecule has 2 atom stereocenters. The van der Waals surface area contributed by atoms with E-state index in [2.05, 4.69) is 15.6 Å². The van der Waals surface area contributed by atoms with Gasteiger partial charge in [-0.2, -0.15) is 0 Å². The van der Waals surface area contributed by atoms with Crippen molar-refractivity contribution >= 4 is 23.4 Å². The maximum Gasteiger partial charge on any atom is 0.414 e. The van der Waals surface area contributed by atoms with E-state index < -0.39 is 29.9 Å². The van der Waals surface area contributed by atoms with Crippen molar-refractivity contribution in [1.82, 2.24) is 20.3 Å². The zero-order valence-electron chi connectivity index (χ0n) is 18.4. The lowest BCUT2D eigenvalue weighted by Crippen LogP contribution is -2.36. The number of aliphatic hydroxyl groups is 1. The fraction of sp³-hybridized carbons (Fsp3) is 0.524. The van der Waals surface area contributed by atoms with Gasteiger partial charge in [0.05, 0.1) is 37.1 Å². The molecule has 1 aromatic carbocycles. The summed E-state index contributed by atoms with van der Waals surface area (Å²) < 4.78 is 36.8. The van der Waals surface area contributed by atoms with Gasteiger partial charge in [0.1, 0.15) is 17.5 Å². The first kappa shape index (κ1) is 22.9. The quantitative estimate of drug-likeness (QED) is 0.672. The highest BCUT2D eigenvalue weighted by atomic mass is 19.1. The van der Waals surface area contributed by atoms with Crippen LogP contribution in [0.25, 0.3) is 0 Å². The Hall–Kier alpha value is -3.28. The number of carbonyl (C=O) groups is 2. The number of nitrogens with one attached hydrogen (secondary N) is 1. The van der Waals surface area contributed by atoms with Gasteiger partial charge in [-0.25, -0.2) is 18.3 Å². The minimum absolute atomic E-state index is 0.0200. The Labute approximate surface area is 189 Å². The number of benzene rings is 1. The Kier molecular flexibility index (Phi) is 6.45. The van der Waals surface area contributed by atoms with E-state index in [1.54, 1.807) is 22.7 Å². The number of hydrogen-bond acceptors (Lipinski definition) is 7. The fourth-order valence-corrected chi connectivity index (χ4v) is 4.12. The van der Waals surface area contributed by atoms with E-state index in [1.165, 1.54) is 6.92 Å². The number of aromatic nitrogens is 3. The molecule has 2 aliphatic rings.